The third kappa shape index (κ3) is 3.73. The third-order valence-corrected chi connectivity index (χ3v) is 3.58. The van der Waals surface area contributed by atoms with Crippen LogP contribution in [0.5, 0.6) is 5.75 Å². The van der Waals surface area contributed by atoms with Crippen molar-refractivity contribution in [1.29, 1.82) is 0 Å². The number of anilines is 1. The summed E-state index contributed by atoms with van der Waals surface area (Å²) in [5, 5.41) is 3.38. The Kier molecular flexibility index (Phi) is 5.01. The lowest BCUT2D eigenvalue weighted by molar-refractivity contribution is 0.340. The van der Waals surface area contributed by atoms with Crippen LogP contribution in [0.25, 0.3) is 0 Å². The average Bonchev–Trinajstić information content (AvgIpc) is 2.42. The van der Waals surface area contributed by atoms with Gasteiger partial charge in [-0.3, -0.25) is 0 Å². The quantitative estimate of drug-likeness (QED) is 0.813. The molecule has 2 rings (SSSR count). The smallest absolute Gasteiger partial charge is 0.137 e. The SMILES string of the molecule is CCOc1cccc(NC(C)c2ccc(F)c(Br)c2)c1. The van der Waals surface area contributed by atoms with E-state index in [1.54, 1.807) is 12.1 Å². The largest absolute Gasteiger partial charge is 0.494 e. The summed E-state index contributed by atoms with van der Waals surface area (Å²) in [6.45, 7) is 4.63. The molecule has 2 aromatic carbocycles. The molecule has 0 saturated heterocycles. The summed E-state index contributed by atoms with van der Waals surface area (Å²) >= 11 is 3.21. The van der Waals surface area contributed by atoms with Crippen LogP contribution in [-0.2, 0) is 0 Å². The van der Waals surface area contributed by atoms with Gasteiger partial charge in [0.15, 0.2) is 0 Å². The topological polar surface area (TPSA) is 21.3 Å². The van der Waals surface area contributed by atoms with Crippen molar-refractivity contribution in [3.63, 3.8) is 0 Å². The molecule has 1 N–H and O–H groups in total. The van der Waals surface area contributed by atoms with Crippen LogP contribution in [0.4, 0.5) is 10.1 Å². The number of nitrogens with one attached hydrogen (secondary N) is 1. The fourth-order valence-corrected chi connectivity index (χ4v) is 2.35. The molecule has 0 heterocycles. The fraction of sp³-hybridized carbons (Fsp3) is 0.250. The molecule has 2 nitrogen and oxygen atoms in total. The zero-order chi connectivity index (χ0) is 14.5. The molecule has 20 heavy (non-hydrogen) atoms. The summed E-state index contributed by atoms with van der Waals surface area (Å²) in [6, 6.07) is 12.9. The van der Waals surface area contributed by atoms with Gasteiger partial charge in [-0.05, 0) is 59.6 Å². The lowest BCUT2D eigenvalue weighted by Gasteiger charge is -2.17. The predicted octanol–water partition coefficient (Wildman–Crippen LogP) is 5.16. The van der Waals surface area contributed by atoms with E-state index in [9.17, 15) is 4.39 Å². The summed E-state index contributed by atoms with van der Waals surface area (Å²) in [6.07, 6.45) is 0. The zero-order valence-electron chi connectivity index (χ0n) is 11.5. The van der Waals surface area contributed by atoms with E-state index < -0.39 is 0 Å². The van der Waals surface area contributed by atoms with E-state index in [0.29, 0.717) is 11.1 Å². The first-order valence-corrected chi connectivity index (χ1v) is 7.33. The van der Waals surface area contributed by atoms with Gasteiger partial charge in [0.05, 0.1) is 11.1 Å². The molecular formula is C16H17BrFNO. The molecule has 1 unspecified atom stereocenters. The van der Waals surface area contributed by atoms with E-state index in [-0.39, 0.29) is 11.9 Å². The maximum absolute atomic E-state index is 13.2. The van der Waals surface area contributed by atoms with E-state index in [1.165, 1.54) is 6.07 Å². The molecule has 1 atom stereocenters. The summed E-state index contributed by atoms with van der Waals surface area (Å²) in [4.78, 5) is 0. The lowest BCUT2D eigenvalue weighted by atomic mass is 10.1. The molecule has 4 heteroatoms. The second-order valence-corrected chi connectivity index (χ2v) is 5.35. The van der Waals surface area contributed by atoms with Gasteiger partial charge in [0.2, 0.25) is 0 Å². The van der Waals surface area contributed by atoms with Gasteiger partial charge in [0.25, 0.3) is 0 Å². The maximum Gasteiger partial charge on any atom is 0.137 e. The molecule has 0 spiro atoms. The van der Waals surface area contributed by atoms with Gasteiger partial charge in [0, 0.05) is 17.8 Å². The monoisotopic (exact) mass is 337 g/mol. The predicted molar refractivity (Wildman–Crippen MR) is 83.7 cm³/mol. The van der Waals surface area contributed by atoms with Crippen LogP contribution >= 0.6 is 15.9 Å². The van der Waals surface area contributed by atoms with Crippen molar-refractivity contribution in [2.75, 3.05) is 11.9 Å². The highest BCUT2D eigenvalue weighted by Crippen LogP contribution is 2.25. The van der Waals surface area contributed by atoms with Crippen LogP contribution in [0.1, 0.15) is 25.5 Å². The number of halogens is 2. The minimum atomic E-state index is -0.251. The van der Waals surface area contributed by atoms with Crippen LogP contribution < -0.4 is 10.1 Å². The van der Waals surface area contributed by atoms with E-state index in [2.05, 4.69) is 21.2 Å². The molecule has 0 radical (unpaired) electrons. The molecular weight excluding hydrogens is 321 g/mol. The van der Waals surface area contributed by atoms with Gasteiger partial charge in [-0.25, -0.2) is 4.39 Å². The van der Waals surface area contributed by atoms with E-state index in [0.717, 1.165) is 17.0 Å². The van der Waals surface area contributed by atoms with Crippen LogP contribution in [0.3, 0.4) is 0 Å². The molecule has 0 fully saturated rings. The van der Waals surface area contributed by atoms with Gasteiger partial charge in [-0.15, -0.1) is 0 Å². The second-order valence-electron chi connectivity index (χ2n) is 4.50. The van der Waals surface area contributed by atoms with Crippen molar-refractivity contribution < 1.29 is 9.13 Å². The number of hydrogen-bond donors (Lipinski definition) is 1. The van der Waals surface area contributed by atoms with E-state index >= 15 is 0 Å². The molecule has 0 aliphatic carbocycles. The zero-order valence-corrected chi connectivity index (χ0v) is 13.1. The number of rotatable bonds is 5. The van der Waals surface area contributed by atoms with E-state index in [1.807, 2.05) is 38.1 Å². The van der Waals surface area contributed by atoms with Gasteiger partial charge in [-0.1, -0.05) is 12.1 Å². The molecule has 0 aromatic heterocycles. The Morgan fingerprint density at radius 2 is 2.05 bits per heavy atom. The van der Waals surface area contributed by atoms with Crippen molar-refractivity contribution >= 4 is 21.6 Å². The molecule has 0 amide bonds. The Balaban J connectivity index is 2.12. The van der Waals surface area contributed by atoms with Gasteiger partial charge >= 0.3 is 0 Å². The highest BCUT2D eigenvalue weighted by Gasteiger charge is 2.08. The number of ether oxygens (including phenoxy) is 1. The molecule has 0 aliphatic heterocycles. The van der Waals surface area contributed by atoms with Crippen molar-refractivity contribution in [1.82, 2.24) is 0 Å². The lowest BCUT2D eigenvalue weighted by Crippen LogP contribution is -2.07. The van der Waals surface area contributed by atoms with Crippen molar-refractivity contribution in [2.45, 2.75) is 19.9 Å². The van der Waals surface area contributed by atoms with Crippen LogP contribution in [0.2, 0.25) is 0 Å². The summed E-state index contributed by atoms with van der Waals surface area (Å²) in [7, 11) is 0. The van der Waals surface area contributed by atoms with Gasteiger partial charge < -0.3 is 10.1 Å². The third-order valence-electron chi connectivity index (χ3n) is 2.97. The molecule has 0 aliphatic rings. The minimum absolute atomic E-state index is 0.0729. The molecule has 0 saturated carbocycles. The van der Waals surface area contributed by atoms with Crippen LogP contribution in [0.15, 0.2) is 46.9 Å². The van der Waals surface area contributed by atoms with Crippen molar-refractivity contribution in [2.24, 2.45) is 0 Å². The Hall–Kier alpha value is -1.55. The van der Waals surface area contributed by atoms with Gasteiger partial charge in [-0.2, -0.15) is 0 Å². The minimum Gasteiger partial charge on any atom is -0.494 e. The molecule has 2 aromatic rings. The van der Waals surface area contributed by atoms with Crippen LogP contribution in [-0.4, -0.2) is 6.61 Å². The summed E-state index contributed by atoms with van der Waals surface area (Å²) in [5.74, 6) is 0.587. The van der Waals surface area contributed by atoms with Crippen molar-refractivity contribution in [3.05, 3.63) is 58.3 Å². The number of benzene rings is 2. The molecule has 0 bridgehead atoms. The first-order chi connectivity index (χ1) is 9.60. The Morgan fingerprint density at radius 1 is 1.25 bits per heavy atom. The normalized spacial score (nSPS) is 12.0. The summed E-state index contributed by atoms with van der Waals surface area (Å²) in [5.41, 5.74) is 1.99. The van der Waals surface area contributed by atoms with Crippen molar-refractivity contribution in [3.8, 4) is 5.75 Å². The maximum atomic E-state index is 13.2. The Morgan fingerprint density at radius 3 is 2.75 bits per heavy atom. The highest BCUT2D eigenvalue weighted by molar-refractivity contribution is 9.10. The Labute approximate surface area is 127 Å². The van der Waals surface area contributed by atoms with E-state index in [4.69, 9.17) is 4.74 Å². The second kappa shape index (κ2) is 6.75. The first kappa shape index (κ1) is 14.9. The Bertz CT molecular complexity index is 588. The fourth-order valence-electron chi connectivity index (χ4n) is 1.96. The number of hydrogen-bond acceptors (Lipinski definition) is 2. The first-order valence-electron chi connectivity index (χ1n) is 6.54. The standard InChI is InChI=1S/C16H17BrFNO/c1-3-20-14-6-4-5-13(10-14)19-11(2)12-7-8-16(18)15(17)9-12/h4-11,19H,3H2,1-2H3. The average molecular weight is 338 g/mol. The molecule has 106 valence electrons. The van der Waals surface area contributed by atoms with Crippen LogP contribution in [0, 0.1) is 5.82 Å². The summed E-state index contributed by atoms with van der Waals surface area (Å²) < 4.78 is 19.2. The highest BCUT2D eigenvalue weighted by atomic mass is 79.9. The van der Waals surface area contributed by atoms with Gasteiger partial charge in [0.1, 0.15) is 11.6 Å².